The number of hydrogen-bond donors (Lipinski definition) is 2. The Kier molecular flexibility index (Phi) is 5.36. The zero-order valence-electron chi connectivity index (χ0n) is 23.7. The molecule has 3 nitrogen and oxygen atoms in total. The quantitative estimate of drug-likeness (QED) is 0.415. The van der Waals surface area contributed by atoms with Gasteiger partial charge in [-0.1, -0.05) is 46.8 Å². The molecular formula is C33H49NO2. The lowest BCUT2D eigenvalue weighted by atomic mass is 9.33. The molecule has 0 aromatic heterocycles. The number of phenols is 2. The van der Waals surface area contributed by atoms with Crippen molar-refractivity contribution in [1.29, 1.82) is 0 Å². The Morgan fingerprint density at radius 3 is 2.28 bits per heavy atom. The van der Waals surface area contributed by atoms with E-state index in [2.05, 4.69) is 51.7 Å². The first-order valence-electron chi connectivity index (χ1n) is 14.8. The number of hydrogen-bond acceptors (Lipinski definition) is 3. The number of likely N-dealkylation sites (tertiary alicyclic amines) is 1. The lowest BCUT2D eigenvalue weighted by Crippen LogP contribution is -2.65. The maximum Gasteiger partial charge on any atom is 0.161 e. The van der Waals surface area contributed by atoms with Crippen molar-refractivity contribution in [1.82, 2.24) is 4.90 Å². The zero-order valence-corrected chi connectivity index (χ0v) is 23.7. The van der Waals surface area contributed by atoms with Gasteiger partial charge in [0, 0.05) is 17.5 Å². The summed E-state index contributed by atoms with van der Waals surface area (Å²) in [6.07, 6.45) is 16.8. The Bertz CT molecular complexity index is 1100. The lowest BCUT2D eigenvalue weighted by Gasteiger charge is -2.71. The fraction of sp³-hybridized carbons (Fsp3) is 0.758. The van der Waals surface area contributed by atoms with Crippen LogP contribution in [-0.2, 0) is 5.41 Å². The van der Waals surface area contributed by atoms with E-state index >= 15 is 0 Å². The third-order valence-corrected chi connectivity index (χ3v) is 13.1. The predicted octanol–water partition coefficient (Wildman–Crippen LogP) is 7.82. The first kappa shape index (κ1) is 24.8. The van der Waals surface area contributed by atoms with E-state index in [1.165, 1.54) is 76.6 Å². The van der Waals surface area contributed by atoms with Gasteiger partial charge < -0.3 is 15.1 Å². The predicted molar refractivity (Wildman–Crippen MR) is 148 cm³/mol. The number of benzene rings is 1. The van der Waals surface area contributed by atoms with Gasteiger partial charge in [-0.25, -0.2) is 0 Å². The topological polar surface area (TPSA) is 43.7 Å². The summed E-state index contributed by atoms with van der Waals surface area (Å²) in [6.45, 7) is 18.9. The molecule has 2 N–H and O–H groups in total. The molecule has 0 bridgehead atoms. The van der Waals surface area contributed by atoms with Crippen molar-refractivity contribution in [3.05, 3.63) is 28.8 Å². The van der Waals surface area contributed by atoms with E-state index in [0.29, 0.717) is 22.2 Å². The minimum atomic E-state index is -0.00442. The Morgan fingerprint density at radius 1 is 0.889 bits per heavy atom. The van der Waals surface area contributed by atoms with Crippen molar-refractivity contribution >= 4 is 6.08 Å². The van der Waals surface area contributed by atoms with Crippen molar-refractivity contribution in [2.24, 2.45) is 33.5 Å². The van der Waals surface area contributed by atoms with Gasteiger partial charge in [-0.3, -0.25) is 0 Å². The molecular weight excluding hydrogens is 442 g/mol. The monoisotopic (exact) mass is 491 g/mol. The highest BCUT2D eigenvalue weighted by Gasteiger charge is 2.67. The van der Waals surface area contributed by atoms with Crippen molar-refractivity contribution < 1.29 is 10.2 Å². The lowest BCUT2D eigenvalue weighted by molar-refractivity contribution is -0.200. The van der Waals surface area contributed by atoms with Crippen molar-refractivity contribution in [2.75, 3.05) is 19.6 Å². The normalized spacial score (nSPS) is 46.1. The molecule has 1 unspecified atom stereocenters. The molecule has 1 aliphatic heterocycles. The van der Waals surface area contributed by atoms with Crippen molar-refractivity contribution in [3.8, 4) is 11.5 Å². The van der Waals surface area contributed by atoms with E-state index in [4.69, 9.17) is 0 Å². The van der Waals surface area contributed by atoms with Crippen LogP contribution in [0, 0.1) is 40.4 Å². The van der Waals surface area contributed by atoms with Crippen molar-refractivity contribution in [2.45, 2.75) is 105 Å². The average molecular weight is 492 g/mol. The van der Waals surface area contributed by atoms with Gasteiger partial charge in [-0.2, -0.15) is 0 Å². The maximum absolute atomic E-state index is 10.6. The summed E-state index contributed by atoms with van der Waals surface area (Å²) < 4.78 is 0. The van der Waals surface area contributed by atoms with Gasteiger partial charge in [0.15, 0.2) is 11.5 Å². The van der Waals surface area contributed by atoms with Gasteiger partial charge in [-0.15, -0.1) is 0 Å². The van der Waals surface area contributed by atoms with Crippen LogP contribution >= 0.6 is 0 Å². The van der Waals surface area contributed by atoms with Gasteiger partial charge in [0.05, 0.1) is 0 Å². The number of aromatic hydroxyl groups is 2. The smallest absolute Gasteiger partial charge is 0.161 e. The first-order chi connectivity index (χ1) is 16.9. The molecule has 6 rings (SSSR count). The highest BCUT2D eigenvalue weighted by atomic mass is 16.3. The van der Waals surface area contributed by atoms with Crippen LogP contribution in [0.5, 0.6) is 11.5 Å². The Hall–Kier alpha value is -1.48. The van der Waals surface area contributed by atoms with Crippen LogP contribution in [0.1, 0.15) is 109 Å². The summed E-state index contributed by atoms with van der Waals surface area (Å²) in [4.78, 5) is 2.76. The van der Waals surface area contributed by atoms with E-state index in [1.807, 2.05) is 13.0 Å². The second-order valence-electron chi connectivity index (χ2n) is 15.1. The zero-order chi connectivity index (χ0) is 25.7. The summed E-state index contributed by atoms with van der Waals surface area (Å²) in [5.74, 6) is 1.30. The van der Waals surface area contributed by atoms with Crippen LogP contribution in [0.25, 0.3) is 6.08 Å². The first-order valence-corrected chi connectivity index (χ1v) is 14.8. The summed E-state index contributed by atoms with van der Waals surface area (Å²) in [5.41, 5.74) is 4.64. The number of phenolic OH excluding ortho intramolecular Hbond substituents is 2. The molecule has 4 fully saturated rings. The SMILES string of the molecule is Cc1c(O)c(O)cc2c1C=CC1[C@@]2(C)CC[C@@]2(C)[C@@H]3C[C@](C)(CN4CCCC4)CC[C@]3(C)CC[C@]12C. The summed E-state index contributed by atoms with van der Waals surface area (Å²) in [5, 5.41) is 21.0. The standard InChI is InChI=1S/C33H49NO2/c1-22-23-9-10-26-31(4,24(23)19-25(35)28(22)36)14-16-33(6)27-20-29(2,21-34-17-7-8-18-34)11-12-30(27,3)13-15-32(26,33)5/h9-10,19,26-27,35-36H,7-8,11-18,20-21H2,1-6H3/t26?,27-,29-,30-,31+,32-,33+/m1/s1. The highest BCUT2D eigenvalue weighted by Crippen LogP contribution is 2.75. The number of nitrogens with zero attached hydrogens (tertiary/aromatic N) is 1. The minimum absolute atomic E-state index is 0.00442. The van der Waals surface area contributed by atoms with Crippen LogP contribution in [0.3, 0.4) is 0 Å². The van der Waals surface area contributed by atoms with E-state index in [0.717, 1.165) is 23.5 Å². The maximum atomic E-state index is 10.6. The largest absolute Gasteiger partial charge is 0.504 e. The fourth-order valence-electron chi connectivity index (χ4n) is 10.5. The van der Waals surface area contributed by atoms with Crippen LogP contribution in [-0.4, -0.2) is 34.7 Å². The molecule has 36 heavy (non-hydrogen) atoms. The van der Waals surface area contributed by atoms with Crippen LogP contribution in [0.2, 0.25) is 0 Å². The number of rotatable bonds is 2. The minimum Gasteiger partial charge on any atom is -0.504 e. The molecule has 3 saturated carbocycles. The second kappa shape index (κ2) is 7.78. The molecule has 1 aromatic rings. The van der Waals surface area contributed by atoms with Crippen LogP contribution in [0.4, 0.5) is 0 Å². The molecule has 3 heteroatoms. The van der Waals surface area contributed by atoms with Gasteiger partial charge in [0.1, 0.15) is 0 Å². The molecule has 1 heterocycles. The van der Waals surface area contributed by atoms with Crippen LogP contribution in [0.15, 0.2) is 12.1 Å². The average Bonchev–Trinajstić information content (AvgIpc) is 3.34. The molecule has 7 atom stereocenters. The fourth-order valence-corrected chi connectivity index (χ4v) is 10.5. The van der Waals surface area contributed by atoms with E-state index < -0.39 is 0 Å². The van der Waals surface area contributed by atoms with Crippen molar-refractivity contribution in [3.63, 3.8) is 0 Å². The van der Waals surface area contributed by atoms with Gasteiger partial charge in [0.25, 0.3) is 0 Å². The molecule has 4 aliphatic carbocycles. The summed E-state index contributed by atoms with van der Waals surface area (Å²) >= 11 is 0. The molecule has 0 spiro atoms. The Morgan fingerprint density at radius 2 is 1.56 bits per heavy atom. The van der Waals surface area contributed by atoms with Gasteiger partial charge >= 0.3 is 0 Å². The van der Waals surface area contributed by atoms with Gasteiger partial charge in [0.2, 0.25) is 0 Å². The van der Waals surface area contributed by atoms with E-state index in [-0.39, 0.29) is 22.3 Å². The van der Waals surface area contributed by atoms with Crippen LogP contribution < -0.4 is 0 Å². The van der Waals surface area contributed by atoms with E-state index in [1.54, 1.807) is 0 Å². The highest BCUT2D eigenvalue weighted by molar-refractivity contribution is 5.69. The molecule has 5 aliphatic rings. The van der Waals surface area contributed by atoms with E-state index in [9.17, 15) is 10.2 Å². The summed E-state index contributed by atoms with van der Waals surface area (Å²) in [6, 6.07) is 1.89. The molecule has 198 valence electrons. The molecule has 0 amide bonds. The Balaban J connectivity index is 1.38. The Labute approximate surface area is 219 Å². The molecule has 0 radical (unpaired) electrons. The molecule has 1 saturated heterocycles. The third kappa shape index (κ3) is 3.20. The molecule has 1 aromatic carbocycles. The number of allylic oxidation sites excluding steroid dienone is 1. The summed E-state index contributed by atoms with van der Waals surface area (Å²) in [7, 11) is 0. The van der Waals surface area contributed by atoms with Gasteiger partial charge in [-0.05, 0) is 128 Å². The number of fused-ring (bicyclic) bond motifs is 7. The second-order valence-corrected chi connectivity index (χ2v) is 15.1. The third-order valence-electron chi connectivity index (χ3n) is 13.1.